The van der Waals surface area contributed by atoms with Gasteiger partial charge >= 0.3 is 0 Å². The molecule has 0 amide bonds. The normalized spacial score (nSPS) is 14.6. The number of aromatic nitrogens is 4. The predicted octanol–water partition coefficient (Wildman–Crippen LogP) is 5.38. The van der Waals surface area contributed by atoms with Gasteiger partial charge in [-0.05, 0) is 43.3 Å². The second-order valence-electron chi connectivity index (χ2n) is 9.41. The molecule has 0 spiro atoms. The molecule has 36 heavy (non-hydrogen) atoms. The number of anilines is 1. The van der Waals surface area contributed by atoms with Gasteiger partial charge in [0.15, 0.2) is 17.2 Å². The van der Waals surface area contributed by atoms with Crippen LogP contribution in [0, 0.1) is 0 Å². The number of hydrogen-bond acceptors (Lipinski definition) is 7. The molecule has 6 rings (SSSR count). The third-order valence-corrected chi connectivity index (χ3v) is 7.04. The van der Waals surface area contributed by atoms with E-state index in [1.165, 1.54) is 18.4 Å². The van der Waals surface area contributed by atoms with Crippen molar-refractivity contribution >= 4 is 38.9 Å². The van der Waals surface area contributed by atoms with Gasteiger partial charge in [0.1, 0.15) is 5.52 Å². The van der Waals surface area contributed by atoms with Gasteiger partial charge in [-0.15, -0.1) is 0 Å². The maximum absolute atomic E-state index is 6.31. The average molecular weight is 485 g/mol. The van der Waals surface area contributed by atoms with Crippen LogP contribution in [0.3, 0.4) is 0 Å². The Kier molecular flexibility index (Phi) is 6.29. The highest BCUT2D eigenvalue weighted by Gasteiger charge is 2.24. The Hall–Kier alpha value is -3.49. The zero-order chi connectivity index (χ0) is 24.5. The predicted molar refractivity (Wildman–Crippen MR) is 143 cm³/mol. The Morgan fingerprint density at radius 1 is 1.08 bits per heavy atom. The summed E-state index contributed by atoms with van der Waals surface area (Å²) in [5.74, 6) is 1.50. The Bertz CT molecular complexity index is 1500. The molecular formula is C28H32N6O2. The lowest BCUT2D eigenvalue weighted by Crippen LogP contribution is -2.37. The number of ether oxygens (including phenoxy) is 1. The largest absolute Gasteiger partial charge is 0.432 e. The molecule has 5 heterocycles. The molecule has 1 aliphatic heterocycles. The van der Waals surface area contributed by atoms with Crippen molar-refractivity contribution < 1.29 is 9.15 Å². The first-order chi connectivity index (χ1) is 17.7. The Labute approximate surface area is 210 Å². The van der Waals surface area contributed by atoms with Crippen LogP contribution in [0.15, 0.2) is 47.1 Å². The number of rotatable bonds is 8. The van der Waals surface area contributed by atoms with Gasteiger partial charge in [-0.25, -0.2) is 15.0 Å². The van der Waals surface area contributed by atoms with E-state index in [4.69, 9.17) is 24.1 Å². The maximum Gasteiger partial charge on any atom is 0.229 e. The summed E-state index contributed by atoms with van der Waals surface area (Å²) in [5.41, 5.74) is 5.35. The number of nitrogens with one attached hydrogen (secondary N) is 1. The van der Waals surface area contributed by atoms with E-state index in [1.807, 2.05) is 18.5 Å². The molecule has 1 saturated heterocycles. The molecule has 0 bridgehead atoms. The van der Waals surface area contributed by atoms with E-state index in [2.05, 4.69) is 52.9 Å². The van der Waals surface area contributed by atoms with E-state index in [-0.39, 0.29) is 0 Å². The number of H-pyrrole nitrogens is 1. The van der Waals surface area contributed by atoms with Crippen LogP contribution in [0.25, 0.3) is 44.5 Å². The maximum atomic E-state index is 6.31. The molecule has 0 radical (unpaired) electrons. The van der Waals surface area contributed by atoms with Gasteiger partial charge in [0, 0.05) is 48.5 Å². The van der Waals surface area contributed by atoms with Gasteiger partial charge in [-0.3, -0.25) is 4.90 Å². The molecule has 0 unspecified atom stereocenters. The smallest absolute Gasteiger partial charge is 0.229 e. The molecule has 0 saturated carbocycles. The summed E-state index contributed by atoms with van der Waals surface area (Å²) in [6.07, 6.45) is 6.28. The summed E-state index contributed by atoms with van der Waals surface area (Å²) in [4.78, 5) is 22.8. The number of benzene rings is 1. The van der Waals surface area contributed by atoms with Crippen LogP contribution in [0.2, 0.25) is 0 Å². The summed E-state index contributed by atoms with van der Waals surface area (Å²) < 4.78 is 11.9. The van der Waals surface area contributed by atoms with Gasteiger partial charge in [-0.2, -0.15) is 0 Å². The lowest BCUT2D eigenvalue weighted by atomic mass is 10.1. The van der Waals surface area contributed by atoms with Gasteiger partial charge in [0.2, 0.25) is 5.71 Å². The lowest BCUT2D eigenvalue weighted by molar-refractivity contribution is 0.122. The number of furan rings is 1. The van der Waals surface area contributed by atoms with Crippen molar-refractivity contribution in [3.63, 3.8) is 0 Å². The van der Waals surface area contributed by atoms with Crippen molar-refractivity contribution in [2.45, 2.75) is 33.2 Å². The Morgan fingerprint density at radius 3 is 2.81 bits per heavy atom. The van der Waals surface area contributed by atoms with E-state index < -0.39 is 0 Å². The zero-order valence-electron chi connectivity index (χ0n) is 21.0. The van der Waals surface area contributed by atoms with Crippen LogP contribution in [-0.2, 0) is 11.3 Å². The van der Waals surface area contributed by atoms with Gasteiger partial charge in [0.25, 0.3) is 0 Å². The van der Waals surface area contributed by atoms with Crippen LogP contribution in [-0.4, -0.2) is 64.2 Å². The second-order valence-corrected chi connectivity index (χ2v) is 9.41. The first-order valence-electron chi connectivity index (χ1n) is 13.0. The monoisotopic (exact) mass is 484 g/mol. The minimum absolute atomic E-state index is 0.603. The minimum atomic E-state index is 0.603. The van der Waals surface area contributed by atoms with Crippen molar-refractivity contribution in [1.82, 2.24) is 24.8 Å². The van der Waals surface area contributed by atoms with E-state index >= 15 is 0 Å². The summed E-state index contributed by atoms with van der Waals surface area (Å²) in [6, 6.07) is 10.5. The molecule has 8 heteroatoms. The highest BCUT2D eigenvalue weighted by molar-refractivity contribution is 6.06. The molecule has 5 aromatic rings. The van der Waals surface area contributed by atoms with Gasteiger partial charge in [0.05, 0.1) is 18.6 Å². The molecule has 1 fully saturated rings. The summed E-state index contributed by atoms with van der Waals surface area (Å²) >= 11 is 0. The first-order valence-corrected chi connectivity index (χ1v) is 13.0. The molecule has 186 valence electrons. The minimum Gasteiger partial charge on any atom is -0.432 e. The van der Waals surface area contributed by atoms with Crippen molar-refractivity contribution in [1.29, 1.82) is 0 Å². The molecule has 4 aromatic heterocycles. The lowest BCUT2D eigenvalue weighted by Gasteiger charge is -2.27. The third-order valence-electron chi connectivity index (χ3n) is 7.04. The van der Waals surface area contributed by atoms with E-state index in [0.717, 1.165) is 65.9 Å². The number of fused-ring (bicyclic) bond motifs is 4. The number of hydrogen-bond donors (Lipinski definition) is 1. The van der Waals surface area contributed by atoms with Crippen LogP contribution >= 0.6 is 0 Å². The standard InChI is InChI=1S/C28H32N6O2/c1-3-5-11-33(4-2)18-19-16-22-24-25(36-28(22)30-17-19)27(34-12-14-35-15-13-34)32-26(31-24)21-7-6-8-23-20(21)9-10-29-23/h6-10,16-17,29H,3-5,11-15,18H2,1-2H3. The van der Waals surface area contributed by atoms with E-state index in [0.29, 0.717) is 30.3 Å². The van der Waals surface area contributed by atoms with Crippen molar-refractivity contribution in [3.8, 4) is 11.4 Å². The fourth-order valence-corrected chi connectivity index (χ4v) is 5.02. The molecule has 8 nitrogen and oxygen atoms in total. The number of nitrogens with zero attached hydrogens (tertiary/aromatic N) is 5. The van der Waals surface area contributed by atoms with Gasteiger partial charge < -0.3 is 19.0 Å². The van der Waals surface area contributed by atoms with E-state index in [1.54, 1.807) is 0 Å². The van der Waals surface area contributed by atoms with Crippen LogP contribution < -0.4 is 4.90 Å². The van der Waals surface area contributed by atoms with Crippen LogP contribution in [0.5, 0.6) is 0 Å². The molecule has 1 N–H and O–H groups in total. The number of unbranched alkanes of at least 4 members (excludes halogenated alkanes) is 1. The number of morpholine rings is 1. The number of aromatic amines is 1. The summed E-state index contributed by atoms with van der Waals surface area (Å²) in [7, 11) is 0. The SMILES string of the molecule is CCCCN(CC)Cc1cnc2oc3c(N4CCOCC4)nc(-c4cccc5[nH]ccc45)nc3c2c1. The third kappa shape index (κ3) is 4.20. The van der Waals surface area contributed by atoms with Crippen molar-refractivity contribution in [2.24, 2.45) is 0 Å². The average Bonchev–Trinajstić information content (AvgIpc) is 3.55. The van der Waals surface area contributed by atoms with E-state index in [9.17, 15) is 0 Å². The van der Waals surface area contributed by atoms with Crippen molar-refractivity contribution in [2.75, 3.05) is 44.3 Å². The van der Waals surface area contributed by atoms with Crippen LogP contribution in [0.1, 0.15) is 32.3 Å². The fourth-order valence-electron chi connectivity index (χ4n) is 5.02. The van der Waals surface area contributed by atoms with Crippen LogP contribution in [0.4, 0.5) is 5.82 Å². The molecular weight excluding hydrogens is 452 g/mol. The highest BCUT2D eigenvalue weighted by Crippen LogP contribution is 2.36. The Balaban J connectivity index is 1.51. The number of pyridine rings is 1. The Morgan fingerprint density at radius 2 is 1.97 bits per heavy atom. The van der Waals surface area contributed by atoms with Crippen molar-refractivity contribution in [3.05, 3.63) is 48.3 Å². The summed E-state index contributed by atoms with van der Waals surface area (Å²) in [6.45, 7) is 10.3. The molecule has 0 atom stereocenters. The fraction of sp³-hybridized carbons (Fsp3) is 0.393. The topological polar surface area (TPSA) is 83.3 Å². The molecule has 0 aliphatic carbocycles. The molecule has 1 aliphatic rings. The molecule has 1 aromatic carbocycles. The first kappa shape index (κ1) is 22.9. The quantitative estimate of drug-likeness (QED) is 0.317. The highest BCUT2D eigenvalue weighted by atomic mass is 16.5. The van der Waals surface area contributed by atoms with Gasteiger partial charge in [-0.1, -0.05) is 32.4 Å². The summed E-state index contributed by atoms with van der Waals surface area (Å²) in [5, 5.41) is 2.04. The second kappa shape index (κ2) is 9.87. The zero-order valence-corrected chi connectivity index (χ0v) is 21.0.